The summed E-state index contributed by atoms with van der Waals surface area (Å²) in [4.78, 5) is 10.7. The van der Waals surface area contributed by atoms with Crippen LogP contribution in [0.3, 0.4) is 0 Å². The molecular weight excluding hydrogens is 266 g/mol. The number of aryl methyl sites for hydroxylation is 2. The quantitative estimate of drug-likeness (QED) is 0.798. The normalized spacial score (nSPS) is 10.2. The molecule has 0 saturated carbocycles. The van der Waals surface area contributed by atoms with Crippen LogP contribution >= 0.6 is 0 Å². The van der Waals surface area contributed by atoms with Crippen molar-refractivity contribution in [1.29, 1.82) is 0 Å². The van der Waals surface area contributed by atoms with Crippen molar-refractivity contribution < 1.29 is 14.6 Å². The third kappa shape index (κ3) is 4.24. The van der Waals surface area contributed by atoms with E-state index in [9.17, 15) is 4.79 Å². The van der Waals surface area contributed by atoms with Crippen LogP contribution in [0, 0.1) is 13.8 Å². The Bertz CT molecular complexity index is 620. The minimum Gasteiger partial charge on any atom is -0.492 e. The number of carbonyl (C=O) groups is 1. The Hall–Kier alpha value is -2.49. The SMILES string of the molecule is Cc1ccc(NCCOc2ccc(C(=O)O)cc2)cc1C. The zero-order chi connectivity index (χ0) is 15.2. The molecule has 0 unspecified atom stereocenters. The van der Waals surface area contributed by atoms with Gasteiger partial charge in [-0.25, -0.2) is 4.79 Å². The molecule has 2 aromatic carbocycles. The van der Waals surface area contributed by atoms with Crippen molar-refractivity contribution in [2.45, 2.75) is 13.8 Å². The van der Waals surface area contributed by atoms with E-state index in [1.54, 1.807) is 12.1 Å². The zero-order valence-corrected chi connectivity index (χ0v) is 12.2. The number of hydrogen-bond donors (Lipinski definition) is 2. The van der Waals surface area contributed by atoms with Crippen molar-refractivity contribution in [3.8, 4) is 5.75 Å². The predicted molar refractivity (Wildman–Crippen MR) is 83.3 cm³/mol. The number of carboxylic acid groups (broad SMARTS) is 1. The van der Waals surface area contributed by atoms with Crippen LogP contribution in [0.5, 0.6) is 5.75 Å². The maximum absolute atomic E-state index is 10.7. The molecule has 0 heterocycles. The summed E-state index contributed by atoms with van der Waals surface area (Å²) in [5, 5.41) is 12.1. The van der Waals surface area contributed by atoms with Crippen molar-refractivity contribution in [3.05, 3.63) is 59.2 Å². The van der Waals surface area contributed by atoms with Crippen LogP contribution in [-0.4, -0.2) is 24.2 Å². The van der Waals surface area contributed by atoms with Gasteiger partial charge in [-0.05, 0) is 61.4 Å². The Morgan fingerprint density at radius 2 is 1.81 bits per heavy atom. The molecule has 0 atom stereocenters. The van der Waals surface area contributed by atoms with Crippen molar-refractivity contribution in [2.24, 2.45) is 0 Å². The van der Waals surface area contributed by atoms with E-state index in [0.29, 0.717) is 18.9 Å². The van der Waals surface area contributed by atoms with E-state index in [0.717, 1.165) is 5.69 Å². The molecule has 0 radical (unpaired) electrons. The van der Waals surface area contributed by atoms with E-state index in [-0.39, 0.29) is 5.56 Å². The highest BCUT2D eigenvalue weighted by Crippen LogP contribution is 2.14. The summed E-state index contributed by atoms with van der Waals surface area (Å²) in [7, 11) is 0. The van der Waals surface area contributed by atoms with Crippen LogP contribution in [0.2, 0.25) is 0 Å². The van der Waals surface area contributed by atoms with Crippen molar-refractivity contribution in [1.82, 2.24) is 0 Å². The molecule has 0 aliphatic carbocycles. The van der Waals surface area contributed by atoms with Crippen molar-refractivity contribution >= 4 is 11.7 Å². The summed E-state index contributed by atoms with van der Waals surface area (Å²) in [5.74, 6) is -0.264. The first-order chi connectivity index (χ1) is 10.1. The number of anilines is 1. The summed E-state index contributed by atoms with van der Waals surface area (Å²) < 4.78 is 5.56. The Labute approximate surface area is 124 Å². The van der Waals surface area contributed by atoms with E-state index in [2.05, 4.69) is 31.3 Å². The van der Waals surface area contributed by atoms with Crippen molar-refractivity contribution in [3.63, 3.8) is 0 Å². The standard InChI is InChI=1S/C17H19NO3/c1-12-3-6-15(11-13(12)2)18-9-10-21-16-7-4-14(5-8-16)17(19)20/h3-8,11,18H,9-10H2,1-2H3,(H,19,20). The zero-order valence-electron chi connectivity index (χ0n) is 12.2. The molecule has 0 bridgehead atoms. The fourth-order valence-corrected chi connectivity index (χ4v) is 1.91. The maximum Gasteiger partial charge on any atom is 0.335 e. The fraction of sp³-hybridized carbons (Fsp3) is 0.235. The van der Waals surface area contributed by atoms with Crippen LogP contribution in [-0.2, 0) is 0 Å². The Morgan fingerprint density at radius 1 is 1.10 bits per heavy atom. The summed E-state index contributed by atoms with van der Waals surface area (Å²) in [6.45, 7) is 5.37. The molecule has 2 rings (SSSR count). The highest BCUT2D eigenvalue weighted by molar-refractivity contribution is 5.87. The fourth-order valence-electron chi connectivity index (χ4n) is 1.91. The Morgan fingerprint density at radius 3 is 2.43 bits per heavy atom. The summed E-state index contributed by atoms with van der Waals surface area (Å²) in [5.41, 5.74) is 3.86. The summed E-state index contributed by atoms with van der Waals surface area (Å²) in [6.07, 6.45) is 0. The van der Waals surface area contributed by atoms with Gasteiger partial charge in [0.2, 0.25) is 0 Å². The maximum atomic E-state index is 10.7. The third-order valence-corrected chi connectivity index (χ3v) is 3.31. The number of hydrogen-bond acceptors (Lipinski definition) is 3. The van der Waals surface area contributed by atoms with Crippen LogP contribution < -0.4 is 10.1 Å². The van der Waals surface area contributed by atoms with Gasteiger partial charge in [0.15, 0.2) is 0 Å². The number of ether oxygens (including phenoxy) is 1. The van der Waals surface area contributed by atoms with E-state index >= 15 is 0 Å². The lowest BCUT2D eigenvalue weighted by Crippen LogP contribution is -2.11. The Kier molecular flexibility index (Phi) is 4.82. The first-order valence-electron chi connectivity index (χ1n) is 6.83. The van der Waals surface area contributed by atoms with Gasteiger partial charge >= 0.3 is 5.97 Å². The summed E-state index contributed by atoms with van der Waals surface area (Å²) >= 11 is 0. The van der Waals surface area contributed by atoms with E-state index in [4.69, 9.17) is 9.84 Å². The largest absolute Gasteiger partial charge is 0.492 e. The molecule has 110 valence electrons. The summed E-state index contributed by atoms with van der Waals surface area (Å²) in [6, 6.07) is 12.6. The molecule has 21 heavy (non-hydrogen) atoms. The second-order valence-corrected chi connectivity index (χ2v) is 4.90. The molecule has 4 heteroatoms. The lowest BCUT2D eigenvalue weighted by molar-refractivity contribution is 0.0697. The molecular formula is C17H19NO3. The number of nitrogens with one attached hydrogen (secondary N) is 1. The van der Waals surface area contributed by atoms with Gasteiger partial charge in [-0.15, -0.1) is 0 Å². The predicted octanol–water partition coefficient (Wildman–Crippen LogP) is 3.49. The number of aromatic carboxylic acids is 1. The van der Waals surface area contributed by atoms with Gasteiger partial charge in [-0.2, -0.15) is 0 Å². The molecule has 2 aromatic rings. The molecule has 4 nitrogen and oxygen atoms in total. The molecule has 0 aromatic heterocycles. The van der Waals surface area contributed by atoms with Gasteiger partial charge in [0.1, 0.15) is 12.4 Å². The van der Waals surface area contributed by atoms with E-state index in [1.165, 1.54) is 23.3 Å². The average molecular weight is 285 g/mol. The second kappa shape index (κ2) is 6.79. The van der Waals surface area contributed by atoms with E-state index in [1.807, 2.05) is 6.07 Å². The lowest BCUT2D eigenvalue weighted by Gasteiger charge is -2.10. The molecule has 0 amide bonds. The first-order valence-corrected chi connectivity index (χ1v) is 6.83. The molecule has 0 spiro atoms. The molecule has 2 N–H and O–H groups in total. The third-order valence-electron chi connectivity index (χ3n) is 3.31. The lowest BCUT2D eigenvalue weighted by atomic mass is 10.1. The van der Waals surface area contributed by atoms with Gasteiger partial charge in [-0.1, -0.05) is 6.07 Å². The van der Waals surface area contributed by atoms with Crippen LogP contribution in [0.25, 0.3) is 0 Å². The van der Waals surface area contributed by atoms with Crippen molar-refractivity contribution in [2.75, 3.05) is 18.5 Å². The number of rotatable bonds is 6. The average Bonchev–Trinajstić information content (AvgIpc) is 2.47. The van der Waals surface area contributed by atoms with E-state index < -0.39 is 5.97 Å². The van der Waals surface area contributed by atoms with Gasteiger partial charge in [0, 0.05) is 12.2 Å². The smallest absolute Gasteiger partial charge is 0.335 e. The number of benzene rings is 2. The topological polar surface area (TPSA) is 58.6 Å². The molecule has 0 fully saturated rings. The number of carboxylic acids is 1. The van der Waals surface area contributed by atoms with Gasteiger partial charge in [0.25, 0.3) is 0 Å². The van der Waals surface area contributed by atoms with Crippen LogP contribution in [0.4, 0.5) is 5.69 Å². The minimum atomic E-state index is -0.932. The van der Waals surface area contributed by atoms with Gasteiger partial charge < -0.3 is 15.2 Å². The minimum absolute atomic E-state index is 0.260. The molecule has 0 aliphatic rings. The molecule has 0 aliphatic heterocycles. The molecule has 0 saturated heterocycles. The first kappa shape index (κ1) is 14.9. The second-order valence-electron chi connectivity index (χ2n) is 4.90. The highest BCUT2D eigenvalue weighted by Gasteiger charge is 2.02. The Balaban J connectivity index is 1.79. The highest BCUT2D eigenvalue weighted by atomic mass is 16.5. The van der Waals surface area contributed by atoms with Gasteiger partial charge in [-0.3, -0.25) is 0 Å². The van der Waals surface area contributed by atoms with Crippen LogP contribution in [0.15, 0.2) is 42.5 Å². The van der Waals surface area contributed by atoms with Crippen LogP contribution in [0.1, 0.15) is 21.5 Å². The van der Waals surface area contributed by atoms with Gasteiger partial charge in [0.05, 0.1) is 5.56 Å². The monoisotopic (exact) mass is 285 g/mol.